The second-order valence-corrected chi connectivity index (χ2v) is 4.08. The largest absolute Gasteiger partial charge is 0.338 e. The number of hydrogen-bond donors (Lipinski definition) is 1. The van der Waals surface area contributed by atoms with Crippen molar-refractivity contribution in [1.82, 2.24) is 5.32 Å². The molecule has 1 rings (SSSR count). The summed E-state index contributed by atoms with van der Waals surface area (Å²) in [4.78, 5) is 10.9. The number of nitrogens with one attached hydrogen (secondary N) is 1. The zero-order valence-electron chi connectivity index (χ0n) is 8.26. The van der Waals surface area contributed by atoms with Crippen molar-refractivity contribution in [2.45, 2.75) is 45.1 Å². The number of amides is 1. The van der Waals surface area contributed by atoms with Crippen LogP contribution in [0.1, 0.15) is 39.5 Å². The third kappa shape index (κ3) is 2.45. The minimum Gasteiger partial charge on any atom is -0.338 e. The Bertz CT molecular complexity index is 244. The molecule has 0 saturated heterocycles. The maximum absolute atomic E-state index is 10.9. The smallest absolute Gasteiger partial charge is 0.218 e. The molecule has 1 aliphatic carbocycles. The van der Waals surface area contributed by atoms with Gasteiger partial charge in [0.15, 0.2) is 0 Å². The average molecular weight is 180 g/mol. The summed E-state index contributed by atoms with van der Waals surface area (Å²) in [6, 6.07) is 2.25. The molecular weight excluding hydrogens is 164 g/mol. The van der Waals surface area contributed by atoms with E-state index in [0.717, 1.165) is 19.3 Å². The summed E-state index contributed by atoms with van der Waals surface area (Å²) in [6.07, 6.45) is 3.80. The number of carbonyl (C=O) groups excluding carboxylic acids is 1. The van der Waals surface area contributed by atoms with Gasteiger partial charge in [-0.2, -0.15) is 5.26 Å². The van der Waals surface area contributed by atoms with E-state index in [2.05, 4.69) is 18.3 Å². The number of rotatable bonds is 1. The van der Waals surface area contributed by atoms with Gasteiger partial charge in [0.2, 0.25) is 5.91 Å². The molecule has 2 atom stereocenters. The maximum Gasteiger partial charge on any atom is 0.218 e. The molecule has 0 radical (unpaired) electrons. The molecule has 0 spiro atoms. The van der Waals surface area contributed by atoms with Crippen molar-refractivity contribution in [2.24, 2.45) is 5.92 Å². The van der Waals surface area contributed by atoms with Gasteiger partial charge in [-0.3, -0.25) is 4.79 Å². The molecule has 0 heterocycles. The van der Waals surface area contributed by atoms with Crippen LogP contribution in [0.4, 0.5) is 0 Å². The highest BCUT2D eigenvalue weighted by Gasteiger charge is 2.35. The Kier molecular flexibility index (Phi) is 2.92. The monoisotopic (exact) mass is 180 g/mol. The molecule has 1 amide bonds. The summed E-state index contributed by atoms with van der Waals surface area (Å²) in [7, 11) is 0. The zero-order valence-corrected chi connectivity index (χ0v) is 8.26. The summed E-state index contributed by atoms with van der Waals surface area (Å²) in [5, 5.41) is 11.8. The summed E-state index contributed by atoms with van der Waals surface area (Å²) >= 11 is 0. The van der Waals surface area contributed by atoms with Gasteiger partial charge >= 0.3 is 0 Å². The third-order valence-corrected chi connectivity index (χ3v) is 2.63. The lowest BCUT2D eigenvalue weighted by atomic mass is 9.77. The van der Waals surface area contributed by atoms with E-state index in [1.807, 2.05) is 0 Å². The third-order valence-electron chi connectivity index (χ3n) is 2.63. The van der Waals surface area contributed by atoms with E-state index in [1.165, 1.54) is 13.3 Å². The van der Waals surface area contributed by atoms with Crippen LogP contribution in [0.5, 0.6) is 0 Å². The Hall–Kier alpha value is -1.04. The van der Waals surface area contributed by atoms with Crippen LogP contribution in [0.15, 0.2) is 0 Å². The highest BCUT2D eigenvalue weighted by molar-refractivity contribution is 5.74. The predicted molar refractivity (Wildman–Crippen MR) is 49.8 cm³/mol. The minimum atomic E-state index is -0.580. The number of carbonyl (C=O) groups is 1. The summed E-state index contributed by atoms with van der Waals surface area (Å²) in [5.41, 5.74) is -0.580. The first-order valence-electron chi connectivity index (χ1n) is 4.78. The van der Waals surface area contributed by atoms with Crippen LogP contribution in [-0.2, 0) is 4.79 Å². The van der Waals surface area contributed by atoms with Crippen molar-refractivity contribution in [1.29, 1.82) is 5.26 Å². The molecule has 1 aliphatic rings. The highest BCUT2D eigenvalue weighted by atomic mass is 16.1. The maximum atomic E-state index is 10.9. The SMILES string of the molecule is CC(=O)NC1(C#N)CCCC(C)C1. The molecule has 1 fully saturated rings. The molecule has 13 heavy (non-hydrogen) atoms. The van der Waals surface area contributed by atoms with Gasteiger partial charge in [-0.15, -0.1) is 0 Å². The zero-order chi connectivity index (χ0) is 9.90. The minimum absolute atomic E-state index is 0.101. The van der Waals surface area contributed by atoms with Gasteiger partial charge in [0.05, 0.1) is 6.07 Å². The van der Waals surface area contributed by atoms with Gasteiger partial charge in [-0.1, -0.05) is 13.3 Å². The van der Waals surface area contributed by atoms with Crippen molar-refractivity contribution < 1.29 is 4.79 Å². The fourth-order valence-electron chi connectivity index (χ4n) is 2.13. The molecule has 0 aliphatic heterocycles. The highest BCUT2D eigenvalue weighted by Crippen LogP contribution is 2.31. The molecule has 0 aromatic carbocycles. The molecule has 72 valence electrons. The first-order chi connectivity index (χ1) is 6.08. The normalized spacial score (nSPS) is 33.5. The van der Waals surface area contributed by atoms with E-state index in [4.69, 9.17) is 5.26 Å². The Balaban J connectivity index is 2.69. The molecular formula is C10H16N2O. The predicted octanol–water partition coefficient (Wildman–Crippen LogP) is 1.59. The topological polar surface area (TPSA) is 52.9 Å². The average Bonchev–Trinajstić information content (AvgIpc) is 2.03. The van der Waals surface area contributed by atoms with Gasteiger partial charge in [0.1, 0.15) is 5.54 Å². The molecule has 3 nitrogen and oxygen atoms in total. The fraction of sp³-hybridized carbons (Fsp3) is 0.800. The lowest BCUT2D eigenvalue weighted by Crippen LogP contribution is -2.49. The van der Waals surface area contributed by atoms with E-state index < -0.39 is 5.54 Å². The molecule has 3 heteroatoms. The van der Waals surface area contributed by atoms with Crippen molar-refractivity contribution in [2.75, 3.05) is 0 Å². The van der Waals surface area contributed by atoms with Gasteiger partial charge in [-0.25, -0.2) is 0 Å². The van der Waals surface area contributed by atoms with Crippen LogP contribution in [0.25, 0.3) is 0 Å². The Morgan fingerprint density at radius 1 is 1.69 bits per heavy atom. The van der Waals surface area contributed by atoms with E-state index in [0.29, 0.717) is 5.92 Å². The van der Waals surface area contributed by atoms with E-state index in [-0.39, 0.29) is 5.91 Å². The summed E-state index contributed by atoms with van der Waals surface area (Å²) in [5.74, 6) is 0.441. The van der Waals surface area contributed by atoms with Gasteiger partial charge in [-0.05, 0) is 25.2 Å². The first kappa shape index (κ1) is 10.0. The Morgan fingerprint density at radius 3 is 2.85 bits per heavy atom. The molecule has 0 aromatic rings. The van der Waals surface area contributed by atoms with Crippen LogP contribution in [0, 0.1) is 17.2 Å². The van der Waals surface area contributed by atoms with Crippen LogP contribution >= 0.6 is 0 Å². The van der Waals surface area contributed by atoms with Crippen LogP contribution in [0.2, 0.25) is 0 Å². The molecule has 2 unspecified atom stereocenters. The standard InChI is InChI=1S/C10H16N2O/c1-8-4-3-5-10(6-8,7-11)12-9(2)13/h8H,3-6H2,1-2H3,(H,12,13). The van der Waals surface area contributed by atoms with Crippen LogP contribution in [0.3, 0.4) is 0 Å². The second-order valence-electron chi connectivity index (χ2n) is 4.08. The number of nitrogens with zero attached hydrogens (tertiary/aromatic N) is 1. The lowest BCUT2D eigenvalue weighted by molar-refractivity contribution is -0.120. The van der Waals surface area contributed by atoms with Crippen molar-refractivity contribution >= 4 is 5.91 Å². The molecule has 1 saturated carbocycles. The molecule has 0 aromatic heterocycles. The molecule has 1 N–H and O–H groups in total. The van der Waals surface area contributed by atoms with E-state index in [9.17, 15) is 4.79 Å². The van der Waals surface area contributed by atoms with E-state index in [1.54, 1.807) is 0 Å². The number of hydrogen-bond acceptors (Lipinski definition) is 2. The van der Waals surface area contributed by atoms with Crippen molar-refractivity contribution in [3.63, 3.8) is 0 Å². The molecule has 0 bridgehead atoms. The Morgan fingerprint density at radius 2 is 2.38 bits per heavy atom. The van der Waals surface area contributed by atoms with Crippen LogP contribution in [-0.4, -0.2) is 11.4 Å². The summed E-state index contributed by atoms with van der Waals surface area (Å²) < 4.78 is 0. The van der Waals surface area contributed by atoms with E-state index >= 15 is 0 Å². The van der Waals surface area contributed by atoms with Gasteiger partial charge in [0.25, 0.3) is 0 Å². The van der Waals surface area contributed by atoms with Gasteiger partial charge < -0.3 is 5.32 Å². The van der Waals surface area contributed by atoms with Crippen molar-refractivity contribution in [3.8, 4) is 6.07 Å². The Labute approximate surface area is 79.1 Å². The number of nitriles is 1. The second kappa shape index (κ2) is 3.78. The first-order valence-corrected chi connectivity index (χ1v) is 4.78. The van der Waals surface area contributed by atoms with Crippen LogP contribution < -0.4 is 5.32 Å². The van der Waals surface area contributed by atoms with Gasteiger partial charge in [0, 0.05) is 6.92 Å². The fourth-order valence-corrected chi connectivity index (χ4v) is 2.13. The summed E-state index contributed by atoms with van der Waals surface area (Å²) in [6.45, 7) is 3.60. The van der Waals surface area contributed by atoms with Crippen molar-refractivity contribution in [3.05, 3.63) is 0 Å². The quantitative estimate of drug-likeness (QED) is 0.666. The lowest BCUT2D eigenvalue weighted by Gasteiger charge is -2.34.